The lowest BCUT2D eigenvalue weighted by atomic mass is 9.88. The molecule has 3 aromatic rings. The van der Waals surface area contributed by atoms with Gasteiger partial charge in [-0.15, -0.1) is 0 Å². The van der Waals surface area contributed by atoms with Gasteiger partial charge in [-0.2, -0.15) is 0 Å². The first-order valence-electron chi connectivity index (χ1n) is 10.8. The van der Waals surface area contributed by atoms with E-state index < -0.39 is 30.2 Å². The number of benzene rings is 1. The third-order valence-electron chi connectivity index (χ3n) is 5.67. The maximum absolute atomic E-state index is 12.1. The number of aromatic amines is 1. The number of carbonyl (C=O) groups is 1. The van der Waals surface area contributed by atoms with Crippen molar-refractivity contribution in [3.63, 3.8) is 0 Å². The number of nitrogens with one attached hydrogen (secondary N) is 1. The first-order chi connectivity index (χ1) is 16.5. The third-order valence-corrected chi connectivity index (χ3v) is 6.41. The number of nitrogens with zero attached hydrogens (tertiary/aromatic N) is 3. The Balaban J connectivity index is 1.79. The molecule has 1 aromatic carbocycles. The molecule has 1 saturated heterocycles. The van der Waals surface area contributed by atoms with E-state index in [0.29, 0.717) is 21.2 Å². The molecule has 2 aromatic heterocycles. The normalized spacial score (nSPS) is 20.9. The molecule has 0 saturated carbocycles. The number of rotatable bonds is 4. The van der Waals surface area contributed by atoms with Crippen LogP contribution in [0.2, 0.25) is 10.0 Å². The van der Waals surface area contributed by atoms with Gasteiger partial charge < -0.3 is 19.5 Å². The molecule has 12 heteroatoms. The monoisotopic (exact) mass is 522 g/mol. The number of hydrogen-bond acceptors (Lipinski definition) is 7. The summed E-state index contributed by atoms with van der Waals surface area (Å²) in [4.78, 5) is 31.6. The van der Waals surface area contributed by atoms with Crippen molar-refractivity contribution >= 4 is 29.3 Å². The van der Waals surface area contributed by atoms with E-state index in [0.717, 1.165) is 0 Å². The molecule has 1 amide bonds. The zero-order chi connectivity index (χ0) is 25.3. The average molecular weight is 523 g/mol. The summed E-state index contributed by atoms with van der Waals surface area (Å²) in [6, 6.07) is 8.39. The fourth-order valence-electron chi connectivity index (χ4n) is 3.77. The molecule has 0 radical (unpaired) electrons. The minimum absolute atomic E-state index is 0.0157. The lowest BCUT2D eigenvalue weighted by Crippen LogP contribution is -2.43. The number of amides is 1. The Kier molecular flexibility index (Phi) is 7.07. The van der Waals surface area contributed by atoms with Gasteiger partial charge in [-0.05, 0) is 35.2 Å². The van der Waals surface area contributed by atoms with Crippen LogP contribution in [0.5, 0.6) is 5.88 Å². The van der Waals surface area contributed by atoms with Crippen molar-refractivity contribution in [1.82, 2.24) is 20.0 Å². The van der Waals surface area contributed by atoms with Crippen LogP contribution in [-0.2, 0) is 4.74 Å². The molecule has 186 valence electrons. The Labute approximate surface area is 210 Å². The Morgan fingerprint density at radius 2 is 2.00 bits per heavy atom. The van der Waals surface area contributed by atoms with Gasteiger partial charge in [-0.25, -0.2) is 14.6 Å². The molecular weight excluding hydrogens is 499 g/mol. The number of pyridine rings is 1. The molecule has 1 aliphatic heterocycles. The highest BCUT2D eigenvalue weighted by molar-refractivity contribution is 6.42. The smallest absolute Gasteiger partial charge is 0.439 e. The first kappa shape index (κ1) is 25.0. The van der Waals surface area contributed by atoms with Crippen LogP contribution in [0.4, 0.5) is 4.79 Å². The quantitative estimate of drug-likeness (QED) is 0.506. The second-order valence-corrected chi connectivity index (χ2v) is 10.0. The van der Waals surface area contributed by atoms with Crippen LogP contribution in [0.1, 0.15) is 32.4 Å². The number of aromatic nitrogens is 3. The van der Waals surface area contributed by atoms with Crippen molar-refractivity contribution in [3.8, 4) is 17.3 Å². The van der Waals surface area contributed by atoms with Gasteiger partial charge in [-0.1, -0.05) is 55.2 Å². The van der Waals surface area contributed by atoms with Gasteiger partial charge in [0.05, 0.1) is 34.8 Å². The molecule has 4 rings (SSSR count). The van der Waals surface area contributed by atoms with Crippen molar-refractivity contribution in [3.05, 3.63) is 62.7 Å². The largest absolute Gasteiger partial charge is 0.469 e. The SMILES string of the molecule is CC(C)(C)C1CN(C(=O)O)CC(Oc2ncccc2-c2noc(=O)[nH]2)C(c2ccc(Cl)c(Cl)c2)O1. The van der Waals surface area contributed by atoms with Gasteiger partial charge >= 0.3 is 11.8 Å². The third kappa shape index (κ3) is 5.61. The minimum Gasteiger partial charge on any atom is -0.469 e. The second-order valence-electron chi connectivity index (χ2n) is 9.23. The predicted octanol–water partition coefficient (Wildman–Crippen LogP) is 4.65. The molecular formula is C23H24Cl2N4O6. The zero-order valence-electron chi connectivity index (χ0n) is 19.2. The lowest BCUT2D eigenvalue weighted by molar-refractivity contribution is -0.0910. The summed E-state index contributed by atoms with van der Waals surface area (Å²) in [5.74, 6) is -0.483. The van der Waals surface area contributed by atoms with Crippen LogP contribution in [0.25, 0.3) is 11.4 Å². The summed E-state index contributed by atoms with van der Waals surface area (Å²) >= 11 is 12.4. The van der Waals surface area contributed by atoms with E-state index in [4.69, 9.17) is 32.7 Å². The Bertz CT molecular complexity index is 1270. The highest BCUT2D eigenvalue weighted by Crippen LogP contribution is 2.38. The number of carboxylic acid groups (broad SMARTS) is 1. The molecule has 10 nitrogen and oxygen atoms in total. The molecule has 1 fully saturated rings. The Hall–Kier alpha value is -3.08. The maximum Gasteiger partial charge on any atom is 0.439 e. The van der Waals surface area contributed by atoms with E-state index >= 15 is 0 Å². The lowest BCUT2D eigenvalue weighted by Gasteiger charge is -2.34. The predicted molar refractivity (Wildman–Crippen MR) is 128 cm³/mol. The fourth-order valence-corrected chi connectivity index (χ4v) is 4.07. The van der Waals surface area contributed by atoms with E-state index in [2.05, 4.69) is 19.6 Å². The van der Waals surface area contributed by atoms with Crippen LogP contribution < -0.4 is 10.5 Å². The molecule has 0 bridgehead atoms. The van der Waals surface area contributed by atoms with Gasteiger partial charge in [0.15, 0.2) is 5.82 Å². The van der Waals surface area contributed by atoms with E-state index in [1.54, 1.807) is 30.3 Å². The molecule has 3 unspecified atom stereocenters. The van der Waals surface area contributed by atoms with Crippen LogP contribution in [0.15, 0.2) is 45.8 Å². The summed E-state index contributed by atoms with van der Waals surface area (Å²) in [5.41, 5.74) is 0.649. The summed E-state index contributed by atoms with van der Waals surface area (Å²) in [6.07, 6.45) is -1.60. The van der Waals surface area contributed by atoms with Gasteiger partial charge in [0.25, 0.3) is 0 Å². The van der Waals surface area contributed by atoms with E-state index in [1.807, 2.05) is 20.8 Å². The van der Waals surface area contributed by atoms with Crippen molar-refractivity contribution in [2.75, 3.05) is 13.1 Å². The second kappa shape index (κ2) is 9.88. The Morgan fingerprint density at radius 3 is 2.63 bits per heavy atom. The van der Waals surface area contributed by atoms with Gasteiger partial charge in [0, 0.05) is 6.20 Å². The molecule has 3 atom stereocenters. The van der Waals surface area contributed by atoms with Crippen LogP contribution in [0, 0.1) is 5.41 Å². The molecule has 0 aliphatic carbocycles. The van der Waals surface area contributed by atoms with Crippen LogP contribution in [0.3, 0.4) is 0 Å². The van der Waals surface area contributed by atoms with Crippen LogP contribution >= 0.6 is 23.2 Å². The van der Waals surface area contributed by atoms with Crippen molar-refractivity contribution < 1.29 is 23.9 Å². The minimum atomic E-state index is -1.10. The van der Waals surface area contributed by atoms with E-state index in [-0.39, 0.29) is 30.2 Å². The number of hydrogen-bond donors (Lipinski definition) is 2. The van der Waals surface area contributed by atoms with Gasteiger partial charge in [-0.3, -0.25) is 9.51 Å². The molecule has 2 N–H and O–H groups in total. The van der Waals surface area contributed by atoms with Gasteiger partial charge in [0.2, 0.25) is 5.88 Å². The van der Waals surface area contributed by atoms with Crippen molar-refractivity contribution in [2.45, 2.75) is 39.1 Å². The average Bonchev–Trinajstić information content (AvgIpc) is 3.12. The highest BCUT2D eigenvalue weighted by atomic mass is 35.5. The maximum atomic E-state index is 12.1. The molecule has 3 heterocycles. The summed E-state index contributed by atoms with van der Waals surface area (Å²) in [7, 11) is 0. The summed E-state index contributed by atoms with van der Waals surface area (Å²) in [6.45, 7) is 6.05. The fraction of sp³-hybridized carbons (Fsp3) is 0.391. The van der Waals surface area contributed by atoms with E-state index in [1.165, 1.54) is 11.1 Å². The number of halogens is 2. The topological polar surface area (TPSA) is 131 Å². The Morgan fingerprint density at radius 1 is 1.23 bits per heavy atom. The number of H-pyrrole nitrogens is 1. The molecule has 0 spiro atoms. The van der Waals surface area contributed by atoms with Crippen molar-refractivity contribution in [2.24, 2.45) is 5.41 Å². The first-order valence-corrected chi connectivity index (χ1v) is 11.5. The summed E-state index contributed by atoms with van der Waals surface area (Å²) in [5, 5.41) is 14.3. The van der Waals surface area contributed by atoms with Gasteiger partial charge in [0.1, 0.15) is 12.2 Å². The standard InChI is InChI=1S/C23H24Cl2N4O6/c1-23(2,3)17-11-29(22(31)32)10-16(18(34-17)12-6-7-14(24)15(25)9-12)33-20-13(5-4-8-26-20)19-27-21(30)35-28-19/h4-9,16-18H,10-11H2,1-3H3,(H,31,32)(H,27,28,30). The van der Waals surface area contributed by atoms with Crippen LogP contribution in [-0.4, -0.2) is 56.5 Å². The zero-order valence-corrected chi connectivity index (χ0v) is 20.7. The molecule has 35 heavy (non-hydrogen) atoms. The molecule has 1 aliphatic rings. The van der Waals surface area contributed by atoms with E-state index in [9.17, 15) is 14.7 Å². The highest BCUT2D eigenvalue weighted by Gasteiger charge is 2.41. The number of ether oxygens (including phenoxy) is 2. The summed E-state index contributed by atoms with van der Waals surface area (Å²) < 4.78 is 17.4. The van der Waals surface area contributed by atoms with Crippen molar-refractivity contribution in [1.29, 1.82) is 0 Å².